The van der Waals surface area contributed by atoms with E-state index in [1.54, 1.807) is 9.08 Å². The lowest BCUT2D eigenvalue weighted by Gasteiger charge is -2.36. The molecule has 2 heterocycles. The highest BCUT2D eigenvalue weighted by atomic mass is 16.1. The Labute approximate surface area is 162 Å². The molecule has 4 aromatic rings. The van der Waals surface area contributed by atoms with Crippen LogP contribution in [0.15, 0.2) is 59.4 Å². The molecule has 0 amide bonds. The quantitative estimate of drug-likeness (QED) is 0.555. The summed E-state index contributed by atoms with van der Waals surface area (Å²) in [6.45, 7) is 4.76. The first kappa shape index (κ1) is 16.9. The lowest BCUT2D eigenvalue weighted by molar-refractivity contribution is 0.434. The van der Waals surface area contributed by atoms with Crippen molar-refractivity contribution in [2.75, 3.05) is 0 Å². The summed E-state index contributed by atoms with van der Waals surface area (Å²) < 4.78 is 3.45. The van der Waals surface area contributed by atoms with Crippen molar-refractivity contribution < 1.29 is 0 Å². The molecular weight excluding hydrogens is 350 g/mol. The van der Waals surface area contributed by atoms with E-state index in [2.05, 4.69) is 41.5 Å². The second-order valence-electron chi connectivity index (χ2n) is 7.74. The molecule has 0 fully saturated rings. The van der Waals surface area contributed by atoms with E-state index >= 15 is 0 Å². The van der Waals surface area contributed by atoms with Crippen LogP contribution in [0.3, 0.4) is 0 Å². The zero-order valence-corrected chi connectivity index (χ0v) is 16.0. The fourth-order valence-corrected chi connectivity index (χ4v) is 4.35. The average molecular weight is 371 g/mol. The number of hydrogen-bond acceptors (Lipinski definition) is 4. The first-order valence-corrected chi connectivity index (χ1v) is 9.60. The number of rotatable bonds is 3. The molecule has 0 radical (unpaired) electrons. The third kappa shape index (κ3) is 2.34. The first-order valence-electron chi connectivity index (χ1n) is 9.60. The average Bonchev–Trinajstić information content (AvgIpc) is 3.21. The topological polar surface area (TPSA) is 65.1 Å². The van der Waals surface area contributed by atoms with E-state index in [1.807, 2.05) is 42.5 Å². The summed E-state index contributed by atoms with van der Waals surface area (Å²) in [6.07, 6.45) is 1.70. The second kappa shape index (κ2) is 6.12. The molecule has 140 valence electrons. The molecule has 5 rings (SSSR count). The molecule has 2 aromatic carbocycles. The maximum Gasteiger partial charge on any atom is 0.259 e. The molecule has 0 N–H and O–H groups in total. The summed E-state index contributed by atoms with van der Waals surface area (Å²) in [7, 11) is 0. The number of hydrogen-bond donors (Lipinski definition) is 0. The van der Waals surface area contributed by atoms with Gasteiger partial charge in [0.1, 0.15) is 0 Å². The molecule has 1 aliphatic carbocycles. The van der Waals surface area contributed by atoms with E-state index in [-0.39, 0.29) is 11.0 Å². The van der Waals surface area contributed by atoms with Crippen molar-refractivity contribution >= 4 is 5.78 Å². The lowest BCUT2D eigenvalue weighted by Crippen LogP contribution is -2.40. The molecule has 0 unspecified atom stereocenters. The summed E-state index contributed by atoms with van der Waals surface area (Å²) >= 11 is 0. The number of aromatic nitrogens is 5. The lowest BCUT2D eigenvalue weighted by atomic mass is 9.69. The van der Waals surface area contributed by atoms with Crippen LogP contribution in [0.1, 0.15) is 37.0 Å². The maximum absolute atomic E-state index is 13.8. The maximum atomic E-state index is 13.8. The van der Waals surface area contributed by atoms with E-state index in [1.165, 1.54) is 5.56 Å². The molecule has 1 atom stereocenters. The Morgan fingerprint density at radius 3 is 2.61 bits per heavy atom. The molecule has 1 aliphatic rings. The largest absolute Gasteiger partial charge is 0.271 e. The van der Waals surface area contributed by atoms with Crippen LogP contribution in [0, 0.1) is 0 Å². The van der Waals surface area contributed by atoms with Crippen LogP contribution >= 0.6 is 0 Å². The van der Waals surface area contributed by atoms with E-state index in [9.17, 15) is 4.79 Å². The number of fused-ring (bicyclic) bond motifs is 5. The van der Waals surface area contributed by atoms with Crippen molar-refractivity contribution in [1.82, 2.24) is 24.6 Å². The van der Waals surface area contributed by atoms with Gasteiger partial charge in [-0.25, -0.2) is 0 Å². The smallest absolute Gasteiger partial charge is 0.259 e. The predicted molar refractivity (Wildman–Crippen MR) is 107 cm³/mol. The minimum absolute atomic E-state index is 0.00000567. The molecule has 6 nitrogen and oxygen atoms in total. The van der Waals surface area contributed by atoms with Gasteiger partial charge in [-0.3, -0.25) is 9.36 Å². The third-order valence-electron chi connectivity index (χ3n) is 6.02. The van der Waals surface area contributed by atoms with Gasteiger partial charge in [-0.2, -0.15) is 4.52 Å². The molecule has 0 saturated heterocycles. The van der Waals surface area contributed by atoms with Crippen LogP contribution < -0.4 is 5.56 Å². The number of tetrazole rings is 1. The highest BCUT2D eigenvalue weighted by Crippen LogP contribution is 2.43. The van der Waals surface area contributed by atoms with Crippen LogP contribution in [0.5, 0.6) is 0 Å². The van der Waals surface area contributed by atoms with Crippen LogP contribution in [-0.2, 0) is 18.4 Å². The summed E-state index contributed by atoms with van der Waals surface area (Å²) in [4.78, 5) is 13.8. The Bertz CT molecular complexity index is 1240. The van der Waals surface area contributed by atoms with Crippen LogP contribution in [0.25, 0.3) is 17.0 Å². The van der Waals surface area contributed by atoms with E-state index in [0.717, 1.165) is 35.2 Å². The van der Waals surface area contributed by atoms with Crippen LogP contribution in [0.4, 0.5) is 0 Å². The van der Waals surface area contributed by atoms with Gasteiger partial charge in [0.15, 0.2) is 0 Å². The Kier molecular flexibility index (Phi) is 3.69. The van der Waals surface area contributed by atoms with Crippen molar-refractivity contribution in [3.8, 4) is 11.3 Å². The minimum Gasteiger partial charge on any atom is -0.271 e. The van der Waals surface area contributed by atoms with Crippen molar-refractivity contribution in [3.63, 3.8) is 0 Å². The molecule has 0 spiro atoms. The standard InChI is InChI=1S/C22H21N5O/c1-3-22(2)13-16-11-7-8-12-17(16)19-18(22)20(28)26(21-23-24-25-27(19)21)14-15-9-5-4-6-10-15/h4-12H,3,13-14H2,1-2H3/t22-/m0/s1. The van der Waals surface area contributed by atoms with E-state index in [4.69, 9.17) is 0 Å². The first-order chi connectivity index (χ1) is 13.6. The van der Waals surface area contributed by atoms with Crippen molar-refractivity contribution in [2.45, 2.75) is 38.6 Å². The predicted octanol–water partition coefficient (Wildman–Crippen LogP) is 3.23. The molecule has 6 heteroatoms. The van der Waals surface area contributed by atoms with Crippen molar-refractivity contribution in [1.29, 1.82) is 0 Å². The van der Waals surface area contributed by atoms with Gasteiger partial charge in [-0.05, 0) is 34.4 Å². The fraction of sp³-hybridized carbons (Fsp3) is 0.273. The SMILES string of the molecule is CC[C@@]1(C)Cc2ccccc2-c2c1c(=O)n(Cc1ccccc1)c1nnnn21. The normalized spacial score (nSPS) is 18.1. The molecule has 0 saturated carbocycles. The second-order valence-corrected chi connectivity index (χ2v) is 7.74. The Morgan fingerprint density at radius 2 is 1.82 bits per heavy atom. The minimum atomic E-state index is -0.265. The van der Waals surface area contributed by atoms with Gasteiger partial charge in [0.25, 0.3) is 11.3 Å². The zero-order chi connectivity index (χ0) is 19.3. The number of benzene rings is 2. The Morgan fingerprint density at radius 1 is 1.07 bits per heavy atom. The van der Waals surface area contributed by atoms with Gasteiger partial charge in [0, 0.05) is 11.0 Å². The highest BCUT2D eigenvalue weighted by molar-refractivity contribution is 5.73. The molecule has 2 aromatic heterocycles. The van der Waals surface area contributed by atoms with Gasteiger partial charge >= 0.3 is 0 Å². The monoisotopic (exact) mass is 371 g/mol. The molecule has 28 heavy (non-hydrogen) atoms. The molecule has 0 bridgehead atoms. The van der Waals surface area contributed by atoms with Crippen LogP contribution in [0.2, 0.25) is 0 Å². The zero-order valence-electron chi connectivity index (χ0n) is 16.0. The number of nitrogens with zero attached hydrogens (tertiary/aromatic N) is 5. The van der Waals surface area contributed by atoms with Gasteiger partial charge < -0.3 is 0 Å². The van der Waals surface area contributed by atoms with Gasteiger partial charge in [0.2, 0.25) is 0 Å². The van der Waals surface area contributed by atoms with Crippen molar-refractivity contribution in [2.24, 2.45) is 0 Å². The van der Waals surface area contributed by atoms with Gasteiger partial charge in [0.05, 0.1) is 17.8 Å². The van der Waals surface area contributed by atoms with E-state index in [0.29, 0.717) is 12.3 Å². The summed E-state index contributed by atoms with van der Waals surface area (Å²) in [5.41, 5.74) is 4.70. The fourth-order valence-electron chi connectivity index (χ4n) is 4.35. The van der Waals surface area contributed by atoms with Gasteiger partial charge in [-0.15, -0.1) is 0 Å². The van der Waals surface area contributed by atoms with Crippen molar-refractivity contribution in [3.05, 3.63) is 81.6 Å². The Hall–Kier alpha value is -3.28. The highest BCUT2D eigenvalue weighted by Gasteiger charge is 2.39. The molecular formula is C22H21N5O. The summed E-state index contributed by atoms with van der Waals surface area (Å²) in [6, 6.07) is 18.2. The Balaban J connectivity index is 1.87. The van der Waals surface area contributed by atoms with Crippen LogP contribution in [-0.4, -0.2) is 24.6 Å². The summed E-state index contributed by atoms with van der Waals surface area (Å²) in [5.74, 6) is 0.475. The van der Waals surface area contributed by atoms with Gasteiger partial charge in [-0.1, -0.05) is 73.5 Å². The molecule has 0 aliphatic heterocycles. The van der Waals surface area contributed by atoms with E-state index < -0.39 is 0 Å². The summed E-state index contributed by atoms with van der Waals surface area (Å²) in [5, 5.41) is 12.4. The third-order valence-corrected chi connectivity index (χ3v) is 6.02.